The lowest BCUT2D eigenvalue weighted by molar-refractivity contribution is -0.154. The van der Waals surface area contributed by atoms with Crippen LogP contribution in [0.2, 0.25) is 0 Å². The number of allylic oxidation sites excluding steroid dienone is 1. The van der Waals surface area contributed by atoms with E-state index >= 15 is 0 Å². The van der Waals surface area contributed by atoms with Gasteiger partial charge < -0.3 is 8.92 Å². The zero-order chi connectivity index (χ0) is 15.1. The molecule has 5 heteroatoms. The highest BCUT2D eigenvalue weighted by atomic mass is 32.2. The topological polar surface area (TPSA) is 35.5 Å². The van der Waals surface area contributed by atoms with Crippen LogP contribution in [0, 0.1) is 5.92 Å². The van der Waals surface area contributed by atoms with Crippen molar-refractivity contribution in [3.63, 3.8) is 0 Å². The summed E-state index contributed by atoms with van der Waals surface area (Å²) in [7, 11) is -0.920. The van der Waals surface area contributed by atoms with Crippen molar-refractivity contribution in [3.8, 4) is 0 Å². The molecule has 100 valence electrons. The van der Waals surface area contributed by atoms with Gasteiger partial charge in [-0.1, -0.05) is 17.7 Å². The molecule has 0 aromatic heterocycles. The average molecular weight is 271 g/mol. The Bertz CT molecular complexity index is 377. The van der Waals surface area contributed by atoms with E-state index in [9.17, 15) is 4.79 Å². The summed E-state index contributed by atoms with van der Waals surface area (Å²) >= 11 is 1.10. The van der Waals surface area contributed by atoms with E-state index in [1.165, 1.54) is 12.5 Å². The fourth-order valence-corrected chi connectivity index (χ4v) is 2.63. The molecule has 0 saturated heterocycles. The Morgan fingerprint density at radius 3 is 3.33 bits per heavy atom. The van der Waals surface area contributed by atoms with Crippen LogP contribution >= 0.6 is 12.0 Å². The summed E-state index contributed by atoms with van der Waals surface area (Å²) in [4.78, 5) is 11.3. The number of hydrogen-bond donors (Lipinski definition) is 0. The second-order valence-electron chi connectivity index (χ2n) is 4.40. The summed E-state index contributed by atoms with van der Waals surface area (Å²) in [6.07, 6.45) is 4.76. The van der Waals surface area contributed by atoms with Crippen molar-refractivity contribution in [2.24, 2.45) is 5.92 Å². The first-order valence-corrected chi connectivity index (χ1v) is 6.93. The summed E-state index contributed by atoms with van der Waals surface area (Å²) in [6, 6.07) is 0. The highest BCUT2D eigenvalue weighted by Gasteiger charge is 2.35. The number of esters is 1. The van der Waals surface area contributed by atoms with Gasteiger partial charge in [-0.25, -0.2) is 0 Å². The van der Waals surface area contributed by atoms with E-state index in [1.54, 1.807) is 0 Å². The van der Waals surface area contributed by atoms with Crippen LogP contribution in [-0.2, 0) is 13.7 Å². The SMILES string of the molecule is [2H]B([3H])CSO[C@@H]1CC(C)=C[C@H](CC=C)[C@H]1OC(C)=O. The zero-order valence-electron chi connectivity index (χ0n) is 12.9. The van der Waals surface area contributed by atoms with Gasteiger partial charge in [0.2, 0.25) is 0 Å². The smallest absolute Gasteiger partial charge is 0.303 e. The maximum Gasteiger partial charge on any atom is 0.303 e. The van der Waals surface area contributed by atoms with Crippen molar-refractivity contribution in [3.05, 3.63) is 24.3 Å². The van der Waals surface area contributed by atoms with E-state index in [-0.39, 0.29) is 29.7 Å². The van der Waals surface area contributed by atoms with Gasteiger partial charge in [0.1, 0.15) is 20.0 Å². The zero-order valence-corrected chi connectivity index (χ0v) is 11.7. The van der Waals surface area contributed by atoms with Crippen LogP contribution in [0.3, 0.4) is 0 Å². The molecule has 0 aromatic carbocycles. The number of carbonyl (C=O) groups excluding carboxylic acids is 1. The number of carbonyl (C=O) groups is 1. The van der Waals surface area contributed by atoms with Crippen LogP contribution in [0.5, 0.6) is 0 Å². The number of rotatable bonds is 7. The summed E-state index contributed by atoms with van der Waals surface area (Å²) in [5.74, 6) is -0.256. The Hall–Kier alpha value is -0.675. The molecule has 0 aliphatic heterocycles. The molecule has 0 aromatic rings. The van der Waals surface area contributed by atoms with Crippen LogP contribution in [0.1, 0.15) is 26.7 Å². The molecule has 3 nitrogen and oxygen atoms in total. The molecular formula is C13H21BO3S. The van der Waals surface area contributed by atoms with E-state index < -0.39 is 7.77 Å². The molecule has 0 N–H and O–H groups in total. The van der Waals surface area contributed by atoms with Crippen LogP contribution in [-0.4, -0.2) is 34.3 Å². The van der Waals surface area contributed by atoms with E-state index in [2.05, 4.69) is 12.7 Å². The van der Waals surface area contributed by atoms with Gasteiger partial charge in [0, 0.05) is 12.8 Å². The van der Waals surface area contributed by atoms with E-state index in [0.717, 1.165) is 18.5 Å². The Morgan fingerprint density at radius 1 is 1.94 bits per heavy atom. The Morgan fingerprint density at radius 2 is 2.72 bits per heavy atom. The standard InChI is InChI=1S/C13H21BO3S/c1-4-5-11-6-9(2)7-12(17-18-8-14)13(11)16-10(3)15/h4,6,11-13H,1,5,7-8,14H2,2-3H3/t11-,12+,13+/m0/s1/i14TD. The molecule has 0 bridgehead atoms. The number of ether oxygens (including phenoxy) is 1. The van der Waals surface area contributed by atoms with Crippen molar-refractivity contribution in [2.45, 2.75) is 38.9 Å². The van der Waals surface area contributed by atoms with Crippen LogP contribution in [0.15, 0.2) is 24.3 Å². The lowest BCUT2D eigenvalue weighted by Gasteiger charge is -2.34. The van der Waals surface area contributed by atoms with Gasteiger partial charge in [-0.05, 0) is 40.1 Å². The van der Waals surface area contributed by atoms with Gasteiger partial charge in [-0.15, -0.1) is 6.58 Å². The maximum atomic E-state index is 11.3. The molecule has 18 heavy (non-hydrogen) atoms. The fraction of sp³-hybridized carbons (Fsp3) is 0.615. The third kappa shape index (κ3) is 4.54. The van der Waals surface area contributed by atoms with Crippen molar-refractivity contribution in [2.75, 3.05) is 5.65 Å². The molecular weight excluding hydrogens is 247 g/mol. The van der Waals surface area contributed by atoms with E-state index in [1.807, 2.05) is 13.0 Å². The van der Waals surface area contributed by atoms with Gasteiger partial charge in [-0.2, -0.15) is 0 Å². The van der Waals surface area contributed by atoms with Crippen molar-refractivity contribution in [1.29, 1.82) is 2.67 Å². The Kier molecular flexibility index (Phi) is 5.28. The minimum Gasteiger partial charge on any atom is -0.459 e. The van der Waals surface area contributed by atoms with Crippen LogP contribution in [0.4, 0.5) is 0 Å². The fourth-order valence-electron chi connectivity index (χ4n) is 2.20. The van der Waals surface area contributed by atoms with E-state index in [0.29, 0.717) is 6.42 Å². The molecule has 1 aliphatic rings. The van der Waals surface area contributed by atoms with Gasteiger partial charge in [0.15, 0.2) is 0 Å². The lowest BCUT2D eigenvalue weighted by Crippen LogP contribution is -2.40. The van der Waals surface area contributed by atoms with Gasteiger partial charge in [0.25, 0.3) is 0 Å². The quantitative estimate of drug-likeness (QED) is 0.307. The predicted octanol–water partition coefficient (Wildman–Crippen LogP) is 2.08. The summed E-state index contributed by atoms with van der Waals surface area (Å²) in [5, 5.41) is 0. The minimum absolute atomic E-state index is 0.0681. The second kappa shape index (κ2) is 7.69. The number of hydrogen-bond acceptors (Lipinski definition) is 4. The lowest BCUT2D eigenvalue weighted by atomic mass is 9.84. The van der Waals surface area contributed by atoms with Gasteiger partial charge in [0.05, 0.1) is 0 Å². The van der Waals surface area contributed by atoms with Crippen LogP contribution in [0.25, 0.3) is 0 Å². The molecule has 1 rings (SSSR count). The third-order valence-electron chi connectivity index (χ3n) is 2.81. The summed E-state index contributed by atoms with van der Waals surface area (Å²) in [6.45, 7) is 7.16. The monoisotopic (exact) mass is 271 g/mol. The molecule has 0 unspecified atom stereocenters. The normalized spacial score (nSPS) is 28.8. The largest absolute Gasteiger partial charge is 0.459 e. The van der Waals surface area contributed by atoms with Crippen molar-refractivity contribution < 1.29 is 13.7 Å². The highest BCUT2D eigenvalue weighted by Crippen LogP contribution is 2.32. The van der Waals surface area contributed by atoms with Gasteiger partial charge in [-0.3, -0.25) is 4.79 Å². The molecule has 0 fully saturated rings. The predicted molar refractivity (Wildman–Crippen MR) is 78.1 cm³/mol. The molecule has 0 amide bonds. The average Bonchev–Trinajstić information content (AvgIpc) is 2.32. The molecule has 0 heterocycles. The van der Waals surface area contributed by atoms with Gasteiger partial charge >= 0.3 is 5.97 Å². The van der Waals surface area contributed by atoms with Crippen LogP contribution < -0.4 is 0 Å². The Labute approximate surface area is 117 Å². The molecule has 0 saturated carbocycles. The summed E-state index contributed by atoms with van der Waals surface area (Å²) in [5.41, 5.74) is 1.47. The second-order valence-corrected chi connectivity index (χ2v) is 5.16. The van der Waals surface area contributed by atoms with Crippen molar-refractivity contribution in [1.82, 2.24) is 0 Å². The highest BCUT2D eigenvalue weighted by molar-refractivity contribution is 7.95. The summed E-state index contributed by atoms with van der Waals surface area (Å²) < 4.78 is 25.4. The molecule has 3 atom stereocenters. The third-order valence-corrected chi connectivity index (χ3v) is 3.33. The maximum absolute atomic E-state index is 11.3. The molecule has 0 radical (unpaired) electrons. The molecule has 0 spiro atoms. The first kappa shape index (κ1) is 12.4. The Balaban J connectivity index is 2.74. The first-order chi connectivity index (χ1) is 9.43. The minimum atomic E-state index is -0.920. The van der Waals surface area contributed by atoms with E-state index in [4.69, 9.17) is 11.6 Å². The first-order valence-electron chi connectivity index (χ1n) is 7.17. The van der Waals surface area contributed by atoms with Crippen molar-refractivity contribution >= 4 is 25.8 Å². The molecule has 1 aliphatic carbocycles.